The molecule has 16 heavy (non-hydrogen) atoms. The zero-order valence-corrected chi connectivity index (χ0v) is 10.2. The Hall–Kier alpha value is -1.52. The molecule has 1 atom stereocenters. The van der Waals surface area contributed by atoms with Gasteiger partial charge in [0.05, 0.1) is 12.0 Å². The van der Waals surface area contributed by atoms with E-state index >= 15 is 0 Å². The molecule has 0 aliphatic carbocycles. The molecule has 0 aliphatic rings. The number of hydrogen-bond donors (Lipinski definition) is 2. The molecule has 92 valence electrons. The first-order valence-corrected chi connectivity index (χ1v) is 4.94. The number of aliphatic carboxylic acids is 1. The van der Waals surface area contributed by atoms with Crippen molar-refractivity contribution < 1.29 is 19.4 Å². The number of ether oxygens (including phenoxy) is 1. The molecule has 0 spiro atoms. The summed E-state index contributed by atoms with van der Waals surface area (Å²) in [4.78, 5) is 22.0. The summed E-state index contributed by atoms with van der Waals surface area (Å²) in [6.45, 7) is 10.3. The van der Waals surface area contributed by atoms with Crippen LogP contribution in [-0.4, -0.2) is 28.3 Å². The van der Waals surface area contributed by atoms with Crippen LogP contribution in [0.5, 0.6) is 0 Å². The zero-order valence-electron chi connectivity index (χ0n) is 10.2. The van der Waals surface area contributed by atoms with Crippen molar-refractivity contribution in [3.05, 3.63) is 12.7 Å². The van der Waals surface area contributed by atoms with Gasteiger partial charge in [-0.3, -0.25) is 4.79 Å². The maximum atomic E-state index is 11.4. The number of carboxylic acids is 1. The molecule has 0 radical (unpaired) electrons. The van der Waals surface area contributed by atoms with Crippen molar-refractivity contribution in [1.29, 1.82) is 0 Å². The molecule has 0 fully saturated rings. The number of nitrogens with one attached hydrogen (secondary N) is 1. The largest absolute Gasteiger partial charge is 0.481 e. The number of carbonyl (C=O) groups excluding carboxylic acids is 1. The first kappa shape index (κ1) is 14.5. The van der Waals surface area contributed by atoms with E-state index in [0.717, 1.165) is 0 Å². The Morgan fingerprint density at radius 1 is 1.38 bits per heavy atom. The Bertz CT molecular complexity index is 293. The molecule has 2 N–H and O–H groups in total. The van der Waals surface area contributed by atoms with E-state index in [2.05, 4.69) is 11.9 Å². The fraction of sp³-hybridized carbons (Fsp3) is 0.636. The minimum atomic E-state index is -1.02. The van der Waals surface area contributed by atoms with Crippen LogP contribution in [-0.2, 0) is 9.53 Å². The molecule has 0 aromatic rings. The molecule has 0 heterocycles. The summed E-state index contributed by atoms with van der Waals surface area (Å²) < 4.78 is 5.03. The van der Waals surface area contributed by atoms with Gasteiger partial charge >= 0.3 is 12.1 Å². The predicted molar refractivity (Wildman–Crippen MR) is 60.2 cm³/mol. The summed E-state index contributed by atoms with van der Waals surface area (Å²) in [7, 11) is 0. The number of rotatable bonds is 4. The van der Waals surface area contributed by atoms with E-state index in [1.807, 2.05) is 0 Å². The molecular formula is C11H19NO4. The minimum Gasteiger partial charge on any atom is -0.481 e. The van der Waals surface area contributed by atoms with Crippen molar-refractivity contribution >= 4 is 12.1 Å². The molecule has 0 bridgehead atoms. The van der Waals surface area contributed by atoms with Gasteiger partial charge in [0.15, 0.2) is 0 Å². The van der Waals surface area contributed by atoms with E-state index in [0.29, 0.717) is 0 Å². The van der Waals surface area contributed by atoms with Crippen LogP contribution in [0, 0.1) is 0 Å². The Morgan fingerprint density at radius 2 is 1.88 bits per heavy atom. The number of carboxylic acid groups (broad SMARTS) is 1. The molecule has 5 nitrogen and oxygen atoms in total. The molecule has 0 saturated carbocycles. The van der Waals surface area contributed by atoms with Gasteiger partial charge in [-0.05, 0) is 27.7 Å². The zero-order chi connectivity index (χ0) is 13.0. The summed E-state index contributed by atoms with van der Waals surface area (Å²) in [5.74, 6) is -1.02. The molecular weight excluding hydrogens is 210 g/mol. The average Bonchev–Trinajstić information content (AvgIpc) is 1.98. The van der Waals surface area contributed by atoms with Crippen molar-refractivity contribution in [2.75, 3.05) is 0 Å². The van der Waals surface area contributed by atoms with Crippen LogP contribution >= 0.6 is 0 Å². The summed E-state index contributed by atoms with van der Waals surface area (Å²) in [5.41, 5.74) is -1.62. The van der Waals surface area contributed by atoms with Crippen molar-refractivity contribution in [3.63, 3.8) is 0 Å². The standard InChI is InChI=1S/C11H19NO4/c1-6-11(5,7-8(13)14)12-9(15)16-10(2,3)4/h6H,1,7H2,2-5H3,(H,12,15)(H,13,14)/t11-/m0/s1. The number of hydrogen-bond acceptors (Lipinski definition) is 3. The van der Waals surface area contributed by atoms with Crippen LogP contribution in [0.3, 0.4) is 0 Å². The molecule has 0 aliphatic heterocycles. The highest BCUT2D eigenvalue weighted by atomic mass is 16.6. The first-order valence-electron chi connectivity index (χ1n) is 4.94. The van der Waals surface area contributed by atoms with E-state index < -0.39 is 23.2 Å². The second-order valence-corrected chi connectivity index (χ2v) is 4.82. The van der Waals surface area contributed by atoms with Gasteiger partial charge in [0, 0.05) is 0 Å². The summed E-state index contributed by atoms with van der Waals surface area (Å²) in [6.07, 6.45) is 0.483. The second-order valence-electron chi connectivity index (χ2n) is 4.82. The highest BCUT2D eigenvalue weighted by Gasteiger charge is 2.28. The van der Waals surface area contributed by atoms with Crippen LogP contribution in [0.1, 0.15) is 34.1 Å². The van der Waals surface area contributed by atoms with Gasteiger partial charge in [-0.25, -0.2) is 4.79 Å². The normalized spacial score (nSPS) is 14.8. The lowest BCUT2D eigenvalue weighted by Crippen LogP contribution is -2.47. The van der Waals surface area contributed by atoms with Gasteiger partial charge in [0.2, 0.25) is 0 Å². The van der Waals surface area contributed by atoms with Crippen LogP contribution in [0.15, 0.2) is 12.7 Å². The molecule has 0 unspecified atom stereocenters. The topological polar surface area (TPSA) is 75.6 Å². The third kappa shape index (κ3) is 6.06. The summed E-state index contributed by atoms with van der Waals surface area (Å²) in [6, 6.07) is 0. The molecule has 0 saturated heterocycles. The lowest BCUT2D eigenvalue weighted by Gasteiger charge is -2.27. The Kier molecular flexibility index (Phi) is 4.53. The Labute approximate surface area is 95.5 Å². The fourth-order valence-electron chi connectivity index (χ4n) is 1.02. The van der Waals surface area contributed by atoms with Gasteiger partial charge in [0.1, 0.15) is 5.60 Å². The van der Waals surface area contributed by atoms with Gasteiger partial charge in [-0.2, -0.15) is 0 Å². The minimum absolute atomic E-state index is 0.240. The summed E-state index contributed by atoms with van der Waals surface area (Å²) >= 11 is 0. The van der Waals surface area contributed by atoms with Crippen LogP contribution in [0.4, 0.5) is 4.79 Å². The lowest BCUT2D eigenvalue weighted by molar-refractivity contribution is -0.138. The quantitative estimate of drug-likeness (QED) is 0.722. The Morgan fingerprint density at radius 3 is 2.19 bits per heavy atom. The second kappa shape index (κ2) is 5.01. The van der Waals surface area contributed by atoms with Crippen LogP contribution < -0.4 is 5.32 Å². The average molecular weight is 229 g/mol. The van der Waals surface area contributed by atoms with Crippen molar-refractivity contribution in [3.8, 4) is 0 Å². The van der Waals surface area contributed by atoms with E-state index in [1.54, 1.807) is 27.7 Å². The molecule has 5 heteroatoms. The maximum absolute atomic E-state index is 11.4. The molecule has 1 amide bonds. The number of carbonyl (C=O) groups is 2. The number of amides is 1. The van der Waals surface area contributed by atoms with Gasteiger partial charge < -0.3 is 15.2 Å². The lowest BCUT2D eigenvalue weighted by atomic mass is 9.98. The van der Waals surface area contributed by atoms with Crippen LogP contribution in [0.25, 0.3) is 0 Å². The van der Waals surface area contributed by atoms with Gasteiger partial charge in [0.25, 0.3) is 0 Å². The van der Waals surface area contributed by atoms with E-state index in [4.69, 9.17) is 9.84 Å². The van der Waals surface area contributed by atoms with Crippen LogP contribution in [0.2, 0.25) is 0 Å². The Balaban J connectivity index is 4.48. The van der Waals surface area contributed by atoms with Crippen molar-refractivity contribution in [2.45, 2.75) is 45.3 Å². The molecule has 0 aromatic carbocycles. The smallest absolute Gasteiger partial charge is 0.408 e. The van der Waals surface area contributed by atoms with E-state index in [9.17, 15) is 9.59 Å². The van der Waals surface area contributed by atoms with E-state index in [-0.39, 0.29) is 6.42 Å². The number of alkyl carbamates (subject to hydrolysis) is 1. The molecule has 0 rings (SSSR count). The summed E-state index contributed by atoms with van der Waals surface area (Å²) in [5, 5.41) is 11.2. The first-order chi connectivity index (χ1) is 7.08. The monoisotopic (exact) mass is 229 g/mol. The van der Waals surface area contributed by atoms with Gasteiger partial charge in [-0.1, -0.05) is 6.08 Å². The fourth-order valence-corrected chi connectivity index (χ4v) is 1.02. The third-order valence-electron chi connectivity index (χ3n) is 1.76. The van der Waals surface area contributed by atoms with Crippen molar-refractivity contribution in [1.82, 2.24) is 5.32 Å². The highest BCUT2D eigenvalue weighted by Crippen LogP contribution is 2.13. The maximum Gasteiger partial charge on any atom is 0.408 e. The predicted octanol–water partition coefficient (Wildman–Crippen LogP) is 1.93. The molecule has 0 aromatic heterocycles. The van der Waals surface area contributed by atoms with Gasteiger partial charge in [-0.15, -0.1) is 6.58 Å². The third-order valence-corrected chi connectivity index (χ3v) is 1.76. The SMILES string of the molecule is C=C[C@@](C)(CC(=O)O)NC(=O)OC(C)(C)C. The van der Waals surface area contributed by atoms with E-state index in [1.165, 1.54) is 6.08 Å². The van der Waals surface area contributed by atoms with Crippen molar-refractivity contribution in [2.24, 2.45) is 0 Å². The highest BCUT2D eigenvalue weighted by molar-refractivity contribution is 5.73.